The molecule has 4 rings (SSSR count). The third-order valence-corrected chi connectivity index (χ3v) is 5.79. The lowest BCUT2D eigenvalue weighted by Gasteiger charge is -2.30. The van der Waals surface area contributed by atoms with E-state index < -0.39 is 0 Å². The molecule has 118 valence electrons. The van der Waals surface area contributed by atoms with Crippen molar-refractivity contribution in [1.29, 1.82) is 0 Å². The van der Waals surface area contributed by atoms with Gasteiger partial charge in [-0.25, -0.2) is 0 Å². The molecule has 1 saturated carbocycles. The molecule has 2 fully saturated rings. The van der Waals surface area contributed by atoms with Gasteiger partial charge in [0.25, 0.3) is 0 Å². The maximum absolute atomic E-state index is 9.03. The Morgan fingerprint density at radius 2 is 2.05 bits per heavy atom. The smallest absolute Gasteiger partial charge is 0.0643 e. The largest absolute Gasteiger partial charge is 0.397 e. The second kappa shape index (κ2) is 5.44. The molecule has 2 unspecified atom stereocenters. The molecule has 0 aromatic heterocycles. The van der Waals surface area contributed by atoms with Crippen LogP contribution in [0.1, 0.15) is 5.56 Å². The first kappa shape index (κ1) is 14.4. The third kappa shape index (κ3) is 2.30. The molecule has 1 aromatic carbocycles. The van der Waals surface area contributed by atoms with Crippen LogP contribution >= 0.6 is 11.6 Å². The van der Waals surface area contributed by atoms with E-state index in [-0.39, 0.29) is 6.61 Å². The number of nitrogens with zero attached hydrogens (tertiary/aromatic N) is 2. The van der Waals surface area contributed by atoms with E-state index in [0.29, 0.717) is 10.7 Å². The van der Waals surface area contributed by atoms with Crippen LogP contribution in [0.25, 0.3) is 6.08 Å². The quantitative estimate of drug-likeness (QED) is 0.833. The van der Waals surface area contributed by atoms with Gasteiger partial charge in [0.05, 0.1) is 17.3 Å². The third-order valence-electron chi connectivity index (χ3n) is 5.46. The first-order valence-corrected chi connectivity index (χ1v) is 8.39. The van der Waals surface area contributed by atoms with Crippen LogP contribution in [0.5, 0.6) is 0 Å². The molecule has 2 aliphatic heterocycles. The fourth-order valence-electron chi connectivity index (χ4n) is 4.20. The van der Waals surface area contributed by atoms with Crippen molar-refractivity contribution < 1.29 is 5.11 Å². The molecule has 22 heavy (non-hydrogen) atoms. The minimum Gasteiger partial charge on any atom is -0.397 e. The van der Waals surface area contributed by atoms with E-state index in [1.54, 1.807) is 0 Å². The number of aliphatic hydroxyl groups is 1. The highest BCUT2D eigenvalue weighted by Gasteiger charge is 2.55. The summed E-state index contributed by atoms with van der Waals surface area (Å²) in [7, 11) is 0. The summed E-state index contributed by atoms with van der Waals surface area (Å²) in [4.78, 5) is 4.81. The van der Waals surface area contributed by atoms with Crippen LogP contribution in [-0.2, 0) is 0 Å². The number of nitrogens with two attached hydrogens (primary N) is 1. The van der Waals surface area contributed by atoms with Crippen molar-refractivity contribution in [3.8, 4) is 0 Å². The Kier molecular flexibility index (Phi) is 3.56. The lowest BCUT2D eigenvalue weighted by atomic mass is 10.0. The van der Waals surface area contributed by atoms with Gasteiger partial charge < -0.3 is 20.6 Å². The van der Waals surface area contributed by atoms with Gasteiger partial charge in [0.2, 0.25) is 0 Å². The summed E-state index contributed by atoms with van der Waals surface area (Å²) in [6.45, 7) is 5.44. The van der Waals surface area contributed by atoms with Crippen LogP contribution in [-0.4, -0.2) is 49.3 Å². The van der Waals surface area contributed by atoms with Gasteiger partial charge in [-0.05, 0) is 29.9 Å². The van der Waals surface area contributed by atoms with Crippen LogP contribution < -0.4 is 10.6 Å². The summed E-state index contributed by atoms with van der Waals surface area (Å²) in [5.41, 5.74) is 9.07. The topological polar surface area (TPSA) is 52.7 Å². The number of hydrogen-bond acceptors (Lipinski definition) is 4. The summed E-state index contributed by atoms with van der Waals surface area (Å²) in [6, 6.07) is 3.99. The molecule has 1 saturated heterocycles. The number of aliphatic hydroxyl groups excluding tert-OH is 1. The van der Waals surface area contributed by atoms with Gasteiger partial charge in [0.15, 0.2) is 0 Å². The van der Waals surface area contributed by atoms with Crippen molar-refractivity contribution in [2.24, 2.45) is 17.8 Å². The SMILES string of the molecule is Nc1c(Cl)ccc2c1C=CCN2CC1C2CN(CCO)CC21. The molecule has 5 heteroatoms. The van der Waals surface area contributed by atoms with Crippen molar-refractivity contribution in [1.82, 2.24) is 4.90 Å². The van der Waals surface area contributed by atoms with Crippen molar-refractivity contribution in [3.05, 3.63) is 28.8 Å². The number of rotatable bonds is 4. The minimum absolute atomic E-state index is 0.272. The van der Waals surface area contributed by atoms with E-state index in [0.717, 1.165) is 56.0 Å². The average Bonchev–Trinajstić information content (AvgIpc) is 2.95. The van der Waals surface area contributed by atoms with E-state index in [9.17, 15) is 0 Å². The van der Waals surface area contributed by atoms with E-state index in [1.807, 2.05) is 6.07 Å². The Hall–Kier alpha value is -1.23. The van der Waals surface area contributed by atoms with Gasteiger partial charge in [-0.3, -0.25) is 0 Å². The Morgan fingerprint density at radius 3 is 2.77 bits per heavy atom. The fourth-order valence-corrected chi connectivity index (χ4v) is 4.37. The number of anilines is 2. The molecule has 1 aliphatic carbocycles. The van der Waals surface area contributed by atoms with Gasteiger partial charge in [-0.2, -0.15) is 0 Å². The molecular formula is C17H22ClN3O. The first-order valence-electron chi connectivity index (χ1n) is 8.01. The zero-order valence-corrected chi connectivity index (χ0v) is 13.3. The number of β-amino-alcohol motifs (C(OH)–C–C–N with tert-alkyl or cyclic N) is 1. The maximum Gasteiger partial charge on any atom is 0.0643 e. The Bertz CT molecular complexity index is 606. The van der Waals surface area contributed by atoms with Crippen LogP contribution in [0, 0.1) is 17.8 Å². The van der Waals surface area contributed by atoms with Crippen molar-refractivity contribution >= 4 is 29.1 Å². The number of halogens is 1. The molecule has 2 heterocycles. The summed E-state index contributed by atoms with van der Waals surface area (Å²) in [6.07, 6.45) is 4.26. The Morgan fingerprint density at radius 1 is 1.27 bits per heavy atom. The van der Waals surface area contributed by atoms with Crippen LogP contribution in [0.15, 0.2) is 18.2 Å². The molecule has 2 atom stereocenters. The monoisotopic (exact) mass is 319 g/mol. The van der Waals surface area contributed by atoms with Gasteiger partial charge >= 0.3 is 0 Å². The Labute approximate surface area is 136 Å². The normalized spacial score (nSPS) is 29.5. The summed E-state index contributed by atoms with van der Waals surface area (Å²) in [5.74, 6) is 2.40. The van der Waals surface area contributed by atoms with E-state index in [4.69, 9.17) is 22.4 Å². The highest BCUT2D eigenvalue weighted by atomic mass is 35.5. The number of fused-ring (bicyclic) bond motifs is 2. The van der Waals surface area contributed by atoms with E-state index in [1.165, 1.54) is 5.69 Å². The van der Waals surface area contributed by atoms with Crippen molar-refractivity contribution in [3.63, 3.8) is 0 Å². The zero-order chi connectivity index (χ0) is 15.3. The molecule has 0 radical (unpaired) electrons. The molecule has 4 nitrogen and oxygen atoms in total. The molecule has 0 spiro atoms. The lowest BCUT2D eigenvalue weighted by molar-refractivity contribution is 0.203. The Balaban J connectivity index is 1.45. The molecule has 0 amide bonds. The number of piperidine rings is 1. The van der Waals surface area contributed by atoms with Crippen molar-refractivity contribution in [2.45, 2.75) is 0 Å². The second-order valence-electron chi connectivity index (χ2n) is 6.68. The minimum atomic E-state index is 0.272. The van der Waals surface area contributed by atoms with Gasteiger partial charge in [0.1, 0.15) is 0 Å². The molecule has 0 bridgehead atoms. The number of nitrogen functional groups attached to an aromatic ring is 1. The summed E-state index contributed by atoms with van der Waals surface area (Å²) in [5, 5.41) is 9.66. The lowest BCUT2D eigenvalue weighted by Crippen LogP contribution is -2.33. The zero-order valence-electron chi connectivity index (χ0n) is 12.6. The van der Waals surface area contributed by atoms with Crippen LogP contribution in [0.2, 0.25) is 5.02 Å². The molecule has 3 aliphatic rings. The summed E-state index contributed by atoms with van der Waals surface area (Å²) < 4.78 is 0. The number of benzene rings is 1. The van der Waals surface area contributed by atoms with Crippen molar-refractivity contribution in [2.75, 3.05) is 50.0 Å². The maximum atomic E-state index is 9.03. The fraction of sp³-hybridized carbons (Fsp3) is 0.529. The molecule has 1 aromatic rings. The van der Waals surface area contributed by atoms with Crippen LogP contribution in [0.3, 0.4) is 0 Å². The predicted molar refractivity (Wildman–Crippen MR) is 91.1 cm³/mol. The number of hydrogen-bond donors (Lipinski definition) is 2. The van der Waals surface area contributed by atoms with Gasteiger partial charge in [-0.15, -0.1) is 0 Å². The highest BCUT2D eigenvalue weighted by molar-refractivity contribution is 6.33. The van der Waals surface area contributed by atoms with Crippen LogP contribution in [0.4, 0.5) is 11.4 Å². The standard InChI is InChI=1S/C17H22ClN3O/c18-15-3-4-16-11(17(15)19)2-1-5-21(16)10-14-12-8-20(6-7-22)9-13(12)14/h1-4,12-14,22H,5-10,19H2. The summed E-state index contributed by atoms with van der Waals surface area (Å²) >= 11 is 6.13. The van der Waals surface area contributed by atoms with E-state index >= 15 is 0 Å². The first-order chi connectivity index (χ1) is 10.7. The molecule has 3 N–H and O–H groups in total. The predicted octanol–water partition coefficient (Wildman–Crippen LogP) is 1.93. The van der Waals surface area contributed by atoms with E-state index in [2.05, 4.69) is 28.0 Å². The van der Waals surface area contributed by atoms with Gasteiger partial charge in [0, 0.05) is 44.0 Å². The number of likely N-dealkylation sites (tertiary alicyclic amines) is 1. The van der Waals surface area contributed by atoms with Gasteiger partial charge in [-0.1, -0.05) is 23.8 Å². The molecular weight excluding hydrogens is 298 g/mol. The average molecular weight is 320 g/mol. The highest BCUT2D eigenvalue weighted by Crippen LogP contribution is 2.52. The second-order valence-corrected chi connectivity index (χ2v) is 7.08.